The number of likely N-dealkylation sites (tertiary alicyclic amines) is 1. The second-order valence-electron chi connectivity index (χ2n) is 5.89. The molecule has 0 aromatic rings. The Labute approximate surface area is 146 Å². The zero-order valence-electron chi connectivity index (χ0n) is 14.0. The molecule has 0 spiro atoms. The van der Waals surface area contributed by atoms with Gasteiger partial charge < -0.3 is 15.4 Å². The van der Waals surface area contributed by atoms with Crippen molar-refractivity contribution in [2.24, 2.45) is 5.73 Å². The minimum absolute atomic E-state index is 0. The molecule has 1 saturated heterocycles. The molecule has 0 bridgehead atoms. The van der Waals surface area contributed by atoms with E-state index in [9.17, 15) is 13.2 Å². The van der Waals surface area contributed by atoms with Crippen molar-refractivity contribution in [3.8, 4) is 0 Å². The van der Waals surface area contributed by atoms with E-state index in [-0.39, 0.29) is 35.9 Å². The lowest BCUT2D eigenvalue weighted by Crippen LogP contribution is -2.43. The molecule has 0 aliphatic carbocycles. The minimum Gasteiger partial charge on any atom is -0.378 e. The van der Waals surface area contributed by atoms with Gasteiger partial charge in [0.05, 0.1) is 11.9 Å². The lowest BCUT2D eigenvalue weighted by molar-refractivity contribution is -0.131. The minimum atomic E-state index is -3.27. The molecule has 1 amide bonds. The Hall–Kier alpha value is -0.370. The summed E-state index contributed by atoms with van der Waals surface area (Å²) in [4.78, 5) is 13.8. The van der Waals surface area contributed by atoms with Gasteiger partial charge in [0.1, 0.15) is 5.75 Å². The quantitative estimate of drug-likeness (QED) is 0.586. The largest absolute Gasteiger partial charge is 0.378 e. The first-order valence-corrected chi connectivity index (χ1v) is 10.1. The molecule has 1 fully saturated rings. The number of halogens is 1. The molecule has 6 nitrogen and oxygen atoms in total. The topological polar surface area (TPSA) is 89.7 Å². The molecule has 0 aromatic carbocycles. The molecule has 8 heteroatoms. The van der Waals surface area contributed by atoms with Crippen LogP contribution in [0.3, 0.4) is 0 Å². The van der Waals surface area contributed by atoms with Gasteiger partial charge in [-0.05, 0) is 32.2 Å². The summed E-state index contributed by atoms with van der Waals surface area (Å²) in [5.41, 5.74) is 5.42. The van der Waals surface area contributed by atoms with Crippen LogP contribution < -0.4 is 5.73 Å². The second kappa shape index (κ2) is 12.1. The van der Waals surface area contributed by atoms with Gasteiger partial charge in [-0.1, -0.05) is 19.8 Å². The van der Waals surface area contributed by atoms with Gasteiger partial charge in [0.2, 0.25) is 5.91 Å². The van der Waals surface area contributed by atoms with E-state index >= 15 is 0 Å². The molecule has 0 unspecified atom stereocenters. The molecule has 1 aliphatic rings. The van der Waals surface area contributed by atoms with Gasteiger partial charge in [0.15, 0.2) is 9.84 Å². The van der Waals surface area contributed by atoms with Gasteiger partial charge >= 0.3 is 0 Å². The number of unbranched alkanes of at least 4 members (excludes halogenated alkanes) is 2. The second-order valence-corrected chi connectivity index (χ2v) is 8.08. The van der Waals surface area contributed by atoms with Crippen molar-refractivity contribution in [3.05, 3.63) is 0 Å². The molecule has 1 heterocycles. The summed E-state index contributed by atoms with van der Waals surface area (Å²) in [5, 5.41) is 0. The number of hydrogen-bond donors (Lipinski definition) is 1. The highest BCUT2D eigenvalue weighted by molar-refractivity contribution is 7.92. The summed E-state index contributed by atoms with van der Waals surface area (Å²) in [7, 11) is -3.27. The fraction of sp³-hybridized carbons (Fsp3) is 0.933. The van der Waals surface area contributed by atoms with Crippen LogP contribution in [0, 0.1) is 0 Å². The van der Waals surface area contributed by atoms with Crippen molar-refractivity contribution < 1.29 is 17.9 Å². The van der Waals surface area contributed by atoms with Crippen LogP contribution in [0.1, 0.15) is 45.4 Å². The summed E-state index contributed by atoms with van der Waals surface area (Å²) in [6.07, 6.45) is 5.05. The summed E-state index contributed by atoms with van der Waals surface area (Å²) in [6.45, 7) is 4.46. The Morgan fingerprint density at radius 3 is 2.43 bits per heavy atom. The molecule has 0 aromatic heterocycles. The Morgan fingerprint density at radius 1 is 1.22 bits per heavy atom. The third-order valence-corrected chi connectivity index (χ3v) is 5.50. The molecule has 0 atom stereocenters. The fourth-order valence-electron chi connectivity index (χ4n) is 2.53. The monoisotopic (exact) mass is 370 g/mol. The molecular formula is C15H31ClN2O4S. The molecule has 0 saturated carbocycles. The van der Waals surface area contributed by atoms with Crippen LogP contribution in [0.15, 0.2) is 0 Å². The Balaban J connectivity index is 0.00000484. The number of ether oxygens (including phenoxy) is 1. The van der Waals surface area contributed by atoms with Gasteiger partial charge in [-0.3, -0.25) is 4.79 Å². The standard InChI is InChI=1S/C15H30N2O4S.ClH/c1-2-3-4-12-22(19,20)13-15(18)17-9-6-14(7-10-17)21-11-5-8-16;/h14H,2-13,16H2,1H3;1H. The maximum Gasteiger partial charge on any atom is 0.237 e. The Morgan fingerprint density at radius 2 is 1.87 bits per heavy atom. The van der Waals surface area contributed by atoms with E-state index in [2.05, 4.69) is 0 Å². The molecule has 138 valence electrons. The van der Waals surface area contributed by atoms with Crippen LogP contribution in [0.5, 0.6) is 0 Å². The van der Waals surface area contributed by atoms with Crippen molar-refractivity contribution >= 4 is 28.2 Å². The number of carbonyl (C=O) groups is 1. The molecule has 0 radical (unpaired) electrons. The van der Waals surface area contributed by atoms with Crippen LogP contribution in [-0.4, -0.2) is 63.1 Å². The molecule has 23 heavy (non-hydrogen) atoms. The lowest BCUT2D eigenvalue weighted by atomic mass is 10.1. The number of piperidine rings is 1. The van der Waals surface area contributed by atoms with Crippen LogP contribution in [0.4, 0.5) is 0 Å². The third kappa shape index (κ3) is 9.49. The van der Waals surface area contributed by atoms with Crippen LogP contribution in [-0.2, 0) is 19.4 Å². The Bertz CT molecular complexity index is 423. The summed E-state index contributed by atoms with van der Waals surface area (Å²) >= 11 is 0. The van der Waals surface area contributed by atoms with Crippen LogP contribution in [0.25, 0.3) is 0 Å². The number of sulfone groups is 1. The van der Waals surface area contributed by atoms with E-state index in [0.29, 0.717) is 32.7 Å². The number of carbonyl (C=O) groups excluding carboxylic acids is 1. The molecular weight excluding hydrogens is 340 g/mol. The smallest absolute Gasteiger partial charge is 0.237 e. The number of amides is 1. The summed E-state index contributed by atoms with van der Waals surface area (Å²) in [6, 6.07) is 0. The van der Waals surface area contributed by atoms with E-state index in [1.807, 2.05) is 6.92 Å². The molecule has 1 aliphatic heterocycles. The van der Waals surface area contributed by atoms with Gasteiger partial charge in [0.25, 0.3) is 0 Å². The SMILES string of the molecule is CCCCCS(=O)(=O)CC(=O)N1CCC(OCCCN)CC1.Cl. The fourth-order valence-corrected chi connectivity index (χ4v) is 3.88. The van der Waals surface area contributed by atoms with Crippen molar-refractivity contribution in [1.82, 2.24) is 4.90 Å². The van der Waals surface area contributed by atoms with E-state index in [1.54, 1.807) is 4.90 Å². The zero-order valence-corrected chi connectivity index (χ0v) is 15.7. The number of nitrogens with two attached hydrogens (primary N) is 1. The van der Waals surface area contributed by atoms with Gasteiger partial charge in [0, 0.05) is 19.7 Å². The number of nitrogens with zero attached hydrogens (tertiary/aromatic N) is 1. The first-order valence-electron chi connectivity index (χ1n) is 8.28. The first kappa shape index (κ1) is 22.6. The Kier molecular flexibility index (Phi) is 11.9. The van der Waals surface area contributed by atoms with Crippen molar-refractivity contribution in [3.63, 3.8) is 0 Å². The number of hydrogen-bond acceptors (Lipinski definition) is 5. The van der Waals surface area contributed by atoms with E-state index < -0.39 is 9.84 Å². The van der Waals surface area contributed by atoms with Crippen LogP contribution in [0.2, 0.25) is 0 Å². The molecule has 1 rings (SSSR count). The van der Waals surface area contributed by atoms with Crippen molar-refractivity contribution in [2.75, 3.05) is 37.7 Å². The van der Waals surface area contributed by atoms with E-state index in [0.717, 1.165) is 32.1 Å². The average molecular weight is 371 g/mol. The van der Waals surface area contributed by atoms with Crippen molar-refractivity contribution in [2.45, 2.75) is 51.6 Å². The van der Waals surface area contributed by atoms with E-state index in [4.69, 9.17) is 10.5 Å². The van der Waals surface area contributed by atoms with Crippen LogP contribution >= 0.6 is 12.4 Å². The maximum atomic E-state index is 12.1. The van der Waals surface area contributed by atoms with Gasteiger partial charge in [-0.2, -0.15) is 0 Å². The lowest BCUT2D eigenvalue weighted by Gasteiger charge is -2.32. The summed E-state index contributed by atoms with van der Waals surface area (Å²) in [5.74, 6) is -0.502. The van der Waals surface area contributed by atoms with E-state index in [1.165, 1.54) is 0 Å². The first-order chi connectivity index (χ1) is 10.5. The van der Waals surface area contributed by atoms with Crippen molar-refractivity contribution in [1.29, 1.82) is 0 Å². The zero-order chi connectivity index (χ0) is 16.4. The number of rotatable bonds is 10. The average Bonchev–Trinajstić information content (AvgIpc) is 2.48. The normalized spacial score (nSPS) is 16.2. The predicted octanol–water partition coefficient (Wildman–Crippen LogP) is 1.37. The highest BCUT2D eigenvalue weighted by Crippen LogP contribution is 2.15. The van der Waals surface area contributed by atoms with Gasteiger partial charge in [-0.25, -0.2) is 8.42 Å². The maximum absolute atomic E-state index is 12.1. The molecule has 2 N–H and O–H groups in total. The highest BCUT2D eigenvalue weighted by atomic mass is 35.5. The summed E-state index contributed by atoms with van der Waals surface area (Å²) < 4.78 is 29.5. The van der Waals surface area contributed by atoms with Gasteiger partial charge in [-0.15, -0.1) is 12.4 Å². The highest BCUT2D eigenvalue weighted by Gasteiger charge is 2.26. The predicted molar refractivity (Wildman–Crippen MR) is 94.7 cm³/mol. The third-order valence-electron chi connectivity index (χ3n) is 3.90.